The Kier molecular flexibility index (Phi) is 5.30. The van der Waals surface area contributed by atoms with Crippen molar-refractivity contribution in [3.05, 3.63) is 81.6 Å². The lowest BCUT2D eigenvalue weighted by Gasteiger charge is -2.34. The standard InChI is InChI=1S/C27H31N3O2/c1-18-13-20(3)25-8-5-19(2)24(17-30(25)16-18)23-14-21-6-7-22(15-26(21)32-27(23)31)29-11-9-28(4)10-12-29/h6-8,13-17,19H,5,9-12H2,1-4H3. The molecule has 1 aromatic carbocycles. The fourth-order valence-corrected chi connectivity index (χ4v) is 4.91. The van der Waals surface area contributed by atoms with Crippen LogP contribution in [0.5, 0.6) is 0 Å². The third-order valence-corrected chi connectivity index (χ3v) is 6.84. The summed E-state index contributed by atoms with van der Waals surface area (Å²) >= 11 is 0. The van der Waals surface area contributed by atoms with E-state index >= 15 is 0 Å². The van der Waals surface area contributed by atoms with Gasteiger partial charge < -0.3 is 19.1 Å². The molecule has 1 fully saturated rings. The molecule has 0 saturated carbocycles. The van der Waals surface area contributed by atoms with Crippen LogP contribution in [0.25, 0.3) is 16.5 Å². The van der Waals surface area contributed by atoms with Crippen molar-refractivity contribution >= 4 is 22.2 Å². The summed E-state index contributed by atoms with van der Waals surface area (Å²) in [6.45, 7) is 10.5. The summed E-state index contributed by atoms with van der Waals surface area (Å²) in [6.07, 6.45) is 9.60. The number of nitrogens with zero attached hydrogens (tertiary/aromatic N) is 3. The van der Waals surface area contributed by atoms with Gasteiger partial charge in [-0.2, -0.15) is 0 Å². The number of hydrogen-bond acceptors (Lipinski definition) is 5. The smallest absolute Gasteiger partial charge is 0.343 e. The number of piperazine rings is 1. The lowest BCUT2D eigenvalue weighted by Crippen LogP contribution is -2.44. The van der Waals surface area contributed by atoms with E-state index in [2.05, 4.69) is 79.2 Å². The first-order valence-corrected chi connectivity index (χ1v) is 11.5. The van der Waals surface area contributed by atoms with Gasteiger partial charge in [0.2, 0.25) is 0 Å². The van der Waals surface area contributed by atoms with Crippen molar-refractivity contribution in [3.63, 3.8) is 0 Å². The number of fused-ring (bicyclic) bond motifs is 2. The minimum Gasteiger partial charge on any atom is -0.422 e. The van der Waals surface area contributed by atoms with Crippen molar-refractivity contribution in [2.24, 2.45) is 5.92 Å². The maximum absolute atomic E-state index is 13.1. The number of allylic oxidation sites excluding steroid dienone is 5. The molecule has 0 N–H and O–H groups in total. The molecule has 0 aliphatic carbocycles. The predicted octanol–water partition coefficient (Wildman–Crippen LogP) is 4.98. The largest absolute Gasteiger partial charge is 0.422 e. The molecule has 2 aromatic rings. The van der Waals surface area contributed by atoms with Gasteiger partial charge >= 0.3 is 5.63 Å². The second-order valence-electron chi connectivity index (χ2n) is 9.38. The average molecular weight is 430 g/mol. The van der Waals surface area contributed by atoms with E-state index in [1.165, 1.54) is 16.8 Å². The van der Waals surface area contributed by atoms with E-state index < -0.39 is 0 Å². The quantitative estimate of drug-likeness (QED) is 0.630. The van der Waals surface area contributed by atoms with Crippen LogP contribution in [-0.2, 0) is 0 Å². The van der Waals surface area contributed by atoms with Crippen LogP contribution in [0.3, 0.4) is 0 Å². The molecule has 0 amide bonds. The monoisotopic (exact) mass is 429 g/mol. The van der Waals surface area contributed by atoms with Crippen molar-refractivity contribution in [3.8, 4) is 0 Å². The molecule has 1 saturated heterocycles. The van der Waals surface area contributed by atoms with E-state index in [0.717, 1.165) is 49.2 Å². The first kappa shape index (κ1) is 20.8. The number of hydrogen-bond donors (Lipinski definition) is 0. The Morgan fingerprint density at radius 1 is 1.03 bits per heavy atom. The second-order valence-corrected chi connectivity index (χ2v) is 9.38. The molecular formula is C27H31N3O2. The fraction of sp³-hybridized carbons (Fsp3) is 0.370. The van der Waals surface area contributed by atoms with Crippen LogP contribution in [0.1, 0.15) is 32.8 Å². The zero-order chi connectivity index (χ0) is 22.4. The molecule has 5 heteroatoms. The number of likely N-dealkylation sites (N-methyl/N-ethyl adjacent to an activating group) is 1. The van der Waals surface area contributed by atoms with E-state index in [1.54, 1.807) is 0 Å². The van der Waals surface area contributed by atoms with Gasteiger partial charge in [0.25, 0.3) is 0 Å². The highest BCUT2D eigenvalue weighted by atomic mass is 16.4. The van der Waals surface area contributed by atoms with Gasteiger partial charge in [0, 0.05) is 61.4 Å². The Balaban J connectivity index is 1.52. The highest BCUT2D eigenvalue weighted by molar-refractivity contribution is 5.84. The van der Waals surface area contributed by atoms with Crippen molar-refractivity contribution in [1.82, 2.24) is 9.80 Å². The van der Waals surface area contributed by atoms with E-state index in [-0.39, 0.29) is 11.5 Å². The second kappa shape index (κ2) is 8.14. The SMILES string of the molecule is CC1=CN2C=C(c3cc4ccc(N5CCN(C)CC5)cc4oc3=O)C(C)CC=C2C(C)=C1. The molecule has 1 unspecified atom stereocenters. The van der Waals surface area contributed by atoms with Gasteiger partial charge in [-0.15, -0.1) is 0 Å². The molecule has 32 heavy (non-hydrogen) atoms. The van der Waals surface area contributed by atoms with Crippen LogP contribution in [-0.4, -0.2) is 43.0 Å². The maximum atomic E-state index is 13.1. The average Bonchev–Trinajstić information content (AvgIpc) is 2.92. The zero-order valence-electron chi connectivity index (χ0n) is 19.4. The lowest BCUT2D eigenvalue weighted by atomic mass is 9.92. The molecule has 1 atom stereocenters. The van der Waals surface area contributed by atoms with E-state index in [0.29, 0.717) is 11.1 Å². The topological polar surface area (TPSA) is 39.9 Å². The van der Waals surface area contributed by atoms with Crippen molar-refractivity contribution in [2.75, 3.05) is 38.1 Å². The highest BCUT2D eigenvalue weighted by Crippen LogP contribution is 2.35. The third-order valence-electron chi connectivity index (χ3n) is 6.84. The molecule has 3 aliphatic rings. The lowest BCUT2D eigenvalue weighted by molar-refractivity contribution is 0.313. The minimum absolute atomic E-state index is 0.222. The first-order valence-electron chi connectivity index (χ1n) is 11.5. The van der Waals surface area contributed by atoms with E-state index in [1.807, 2.05) is 12.1 Å². The Bertz CT molecular complexity index is 1240. The van der Waals surface area contributed by atoms with Gasteiger partial charge in [-0.3, -0.25) is 0 Å². The summed E-state index contributed by atoms with van der Waals surface area (Å²) < 4.78 is 5.87. The van der Waals surface area contributed by atoms with Crippen molar-refractivity contribution in [1.29, 1.82) is 0 Å². The van der Waals surface area contributed by atoms with Crippen molar-refractivity contribution in [2.45, 2.75) is 27.2 Å². The number of benzene rings is 1. The van der Waals surface area contributed by atoms with E-state index in [4.69, 9.17) is 4.42 Å². The van der Waals surface area contributed by atoms with Crippen molar-refractivity contribution < 1.29 is 4.42 Å². The van der Waals surface area contributed by atoms with Crippen LogP contribution in [0.4, 0.5) is 5.69 Å². The zero-order valence-corrected chi connectivity index (χ0v) is 19.4. The molecule has 0 radical (unpaired) electrons. The van der Waals surface area contributed by atoms with Crippen LogP contribution < -0.4 is 10.5 Å². The molecule has 5 rings (SSSR count). The minimum atomic E-state index is -0.264. The summed E-state index contributed by atoms with van der Waals surface area (Å²) in [5.74, 6) is 0.222. The summed E-state index contributed by atoms with van der Waals surface area (Å²) in [5, 5.41) is 0.962. The normalized spacial score (nSPS) is 22.1. The Labute approximate surface area is 189 Å². The molecular weight excluding hydrogens is 398 g/mol. The molecule has 1 aromatic heterocycles. The molecule has 0 spiro atoms. The molecule has 5 nitrogen and oxygen atoms in total. The number of anilines is 1. The molecule has 3 aliphatic heterocycles. The van der Waals surface area contributed by atoms with Crippen LogP contribution in [0.2, 0.25) is 0 Å². The van der Waals surface area contributed by atoms with Gasteiger partial charge in [0.15, 0.2) is 0 Å². The van der Waals surface area contributed by atoms with E-state index in [9.17, 15) is 4.79 Å². The summed E-state index contributed by atoms with van der Waals surface area (Å²) in [6, 6.07) is 8.25. The Morgan fingerprint density at radius 3 is 2.59 bits per heavy atom. The maximum Gasteiger partial charge on any atom is 0.343 e. The predicted molar refractivity (Wildman–Crippen MR) is 131 cm³/mol. The Hall–Kier alpha value is -3.05. The third kappa shape index (κ3) is 3.82. The molecule has 166 valence electrons. The van der Waals surface area contributed by atoms with Gasteiger partial charge in [-0.25, -0.2) is 4.79 Å². The van der Waals surface area contributed by atoms with Crippen LogP contribution in [0, 0.1) is 5.92 Å². The number of rotatable bonds is 2. The first-order chi connectivity index (χ1) is 15.4. The summed E-state index contributed by atoms with van der Waals surface area (Å²) in [5.41, 5.74) is 6.83. The summed E-state index contributed by atoms with van der Waals surface area (Å²) in [4.78, 5) is 20.0. The highest BCUT2D eigenvalue weighted by Gasteiger charge is 2.23. The molecule has 4 heterocycles. The Morgan fingerprint density at radius 2 is 1.81 bits per heavy atom. The van der Waals surface area contributed by atoms with Gasteiger partial charge in [-0.1, -0.05) is 19.1 Å². The van der Waals surface area contributed by atoms with Gasteiger partial charge in [0.05, 0.1) is 5.56 Å². The van der Waals surface area contributed by atoms with Crippen LogP contribution >= 0.6 is 0 Å². The van der Waals surface area contributed by atoms with Gasteiger partial charge in [0.1, 0.15) is 5.58 Å². The fourth-order valence-electron chi connectivity index (χ4n) is 4.91. The molecule has 0 bridgehead atoms. The summed E-state index contributed by atoms with van der Waals surface area (Å²) in [7, 11) is 2.15. The van der Waals surface area contributed by atoms with Crippen LogP contribution in [0.15, 0.2) is 74.9 Å². The van der Waals surface area contributed by atoms with Gasteiger partial charge in [-0.05, 0) is 68.2 Å².